The van der Waals surface area contributed by atoms with E-state index in [0.717, 1.165) is 39.0 Å². The number of piperidine rings is 1. The Hall–Kier alpha value is -0.650. The Labute approximate surface area is 109 Å². The Balaban J connectivity index is 1.65. The van der Waals surface area contributed by atoms with E-state index in [1.165, 1.54) is 12.8 Å². The van der Waals surface area contributed by atoms with E-state index >= 15 is 0 Å². The third kappa shape index (κ3) is 3.93. The third-order valence-electron chi connectivity index (χ3n) is 3.82. The Morgan fingerprint density at radius 3 is 2.44 bits per heavy atom. The molecule has 0 aromatic rings. The maximum Gasteiger partial charge on any atom is 0.236 e. The van der Waals surface area contributed by atoms with E-state index in [-0.39, 0.29) is 0 Å². The first-order valence-corrected chi connectivity index (χ1v) is 7.11. The van der Waals surface area contributed by atoms with Gasteiger partial charge in [0.2, 0.25) is 5.91 Å². The number of nitrogens with zero attached hydrogens (tertiary/aromatic N) is 2. The molecular weight excluding hydrogens is 230 g/mol. The Morgan fingerprint density at radius 1 is 1.17 bits per heavy atom. The van der Waals surface area contributed by atoms with E-state index in [1.54, 1.807) is 0 Å². The zero-order valence-corrected chi connectivity index (χ0v) is 11.1. The molecule has 18 heavy (non-hydrogen) atoms. The molecule has 2 fully saturated rings. The molecule has 5 heteroatoms. The minimum atomic E-state index is 0.300. The van der Waals surface area contributed by atoms with E-state index < -0.39 is 0 Å². The van der Waals surface area contributed by atoms with Gasteiger partial charge < -0.3 is 15.4 Å². The van der Waals surface area contributed by atoms with Gasteiger partial charge in [0, 0.05) is 32.7 Å². The molecule has 0 aliphatic carbocycles. The summed E-state index contributed by atoms with van der Waals surface area (Å²) >= 11 is 0. The fourth-order valence-corrected chi connectivity index (χ4v) is 2.73. The molecule has 0 radical (unpaired) electrons. The molecular formula is C13H25N3O2. The van der Waals surface area contributed by atoms with Crippen molar-refractivity contribution >= 4 is 5.91 Å². The first kappa shape index (κ1) is 13.8. The molecule has 5 nitrogen and oxygen atoms in total. The highest BCUT2D eigenvalue weighted by molar-refractivity contribution is 5.78. The smallest absolute Gasteiger partial charge is 0.236 e. The van der Waals surface area contributed by atoms with Crippen LogP contribution in [0.1, 0.15) is 25.7 Å². The molecule has 2 heterocycles. The van der Waals surface area contributed by atoms with Crippen LogP contribution in [0.5, 0.6) is 0 Å². The molecule has 0 bridgehead atoms. The van der Waals surface area contributed by atoms with Crippen molar-refractivity contribution in [3.8, 4) is 0 Å². The minimum Gasteiger partial charge on any atom is -0.377 e. The topological polar surface area (TPSA) is 58.8 Å². The molecule has 0 saturated carbocycles. The van der Waals surface area contributed by atoms with Crippen molar-refractivity contribution in [2.45, 2.75) is 31.8 Å². The first-order valence-electron chi connectivity index (χ1n) is 7.11. The second-order valence-corrected chi connectivity index (χ2v) is 5.22. The number of likely N-dealkylation sites (tertiary alicyclic amines) is 2. The molecule has 0 aromatic carbocycles. The summed E-state index contributed by atoms with van der Waals surface area (Å²) in [6, 6.07) is 0. The van der Waals surface area contributed by atoms with Crippen molar-refractivity contribution in [1.82, 2.24) is 9.80 Å². The van der Waals surface area contributed by atoms with Gasteiger partial charge in [-0.1, -0.05) is 0 Å². The van der Waals surface area contributed by atoms with E-state index in [0.29, 0.717) is 31.7 Å². The Bertz CT molecular complexity index is 259. The second kappa shape index (κ2) is 7.07. The molecule has 2 N–H and O–H groups in total. The van der Waals surface area contributed by atoms with Crippen LogP contribution in [-0.4, -0.2) is 67.7 Å². The molecule has 2 aliphatic heterocycles. The van der Waals surface area contributed by atoms with Crippen LogP contribution >= 0.6 is 0 Å². The number of amides is 1. The fraction of sp³-hybridized carbons (Fsp3) is 0.923. The highest BCUT2D eigenvalue weighted by Crippen LogP contribution is 2.14. The lowest BCUT2D eigenvalue weighted by Crippen LogP contribution is -2.44. The molecule has 0 aromatic heterocycles. The number of rotatable bonds is 5. The lowest BCUT2D eigenvalue weighted by atomic mass is 10.1. The highest BCUT2D eigenvalue weighted by atomic mass is 16.5. The van der Waals surface area contributed by atoms with Crippen LogP contribution in [0.3, 0.4) is 0 Å². The van der Waals surface area contributed by atoms with Gasteiger partial charge in [0.05, 0.1) is 19.3 Å². The Kier molecular flexibility index (Phi) is 5.41. The summed E-state index contributed by atoms with van der Waals surface area (Å²) in [5.41, 5.74) is 5.42. The average Bonchev–Trinajstić information content (AvgIpc) is 2.92. The van der Waals surface area contributed by atoms with E-state index in [1.807, 2.05) is 4.90 Å². The quantitative estimate of drug-likeness (QED) is 0.754. The number of hydrogen-bond acceptors (Lipinski definition) is 4. The van der Waals surface area contributed by atoms with Crippen LogP contribution < -0.4 is 5.73 Å². The van der Waals surface area contributed by atoms with Gasteiger partial charge in [-0.05, 0) is 25.7 Å². The van der Waals surface area contributed by atoms with Crippen LogP contribution in [0, 0.1) is 0 Å². The van der Waals surface area contributed by atoms with Crippen molar-refractivity contribution in [2.24, 2.45) is 5.73 Å². The predicted octanol–water partition coefficient (Wildman–Crippen LogP) is 0.0485. The third-order valence-corrected chi connectivity index (χ3v) is 3.82. The molecule has 104 valence electrons. The zero-order chi connectivity index (χ0) is 12.8. The van der Waals surface area contributed by atoms with Gasteiger partial charge in [-0.3, -0.25) is 9.69 Å². The lowest BCUT2D eigenvalue weighted by Gasteiger charge is -2.32. The van der Waals surface area contributed by atoms with Gasteiger partial charge in [0.1, 0.15) is 0 Å². The lowest BCUT2D eigenvalue weighted by molar-refractivity contribution is -0.132. The number of hydrogen-bond donors (Lipinski definition) is 1. The summed E-state index contributed by atoms with van der Waals surface area (Å²) in [5.74, 6) is 0.300. The SMILES string of the molecule is NCCOC1CCN(CC(=O)N2CCCC2)CC1. The van der Waals surface area contributed by atoms with Crippen LogP contribution in [0.2, 0.25) is 0 Å². The first-order chi connectivity index (χ1) is 8.79. The predicted molar refractivity (Wildman–Crippen MR) is 70.3 cm³/mol. The average molecular weight is 255 g/mol. The monoisotopic (exact) mass is 255 g/mol. The van der Waals surface area contributed by atoms with Crippen molar-refractivity contribution in [1.29, 1.82) is 0 Å². The van der Waals surface area contributed by atoms with Crippen LogP contribution in [0.15, 0.2) is 0 Å². The van der Waals surface area contributed by atoms with Gasteiger partial charge >= 0.3 is 0 Å². The minimum absolute atomic E-state index is 0.300. The molecule has 2 rings (SSSR count). The van der Waals surface area contributed by atoms with Gasteiger partial charge in [0.15, 0.2) is 0 Å². The summed E-state index contributed by atoms with van der Waals surface area (Å²) in [7, 11) is 0. The van der Waals surface area contributed by atoms with Crippen LogP contribution in [0.4, 0.5) is 0 Å². The van der Waals surface area contributed by atoms with Gasteiger partial charge in [0.25, 0.3) is 0 Å². The van der Waals surface area contributed by atoms with E-state index in [4.69, 9.17) is 10.5 Å². The standard InChI is InChI=1S/C13H25N3O2/c14-5-10-18-12-3-8-15(9-4-12)11-13(17)16-6-1-2-7-16/h12H,1-11,14H2. The molecule has 0 spiro atoms. The van der Waals surface area contributed by atoms with Crippen LogP contribution in [-0.2, 0) is 9.53 Å². The number of nitrogens with two attached hydrogens (primary N) is 1. The Morgan fingerprint density at radius 2 is 1.83 bits per heavy atom. The fourth-order valence-electron chi connectivity index (χ4n) is 2.73. The van der Waals surface area contributed by atoms with Crippen molar-refractivity contribution in [2.75, 3.05) is 45.9 Å². The number of carbonyl (C=O) groups excluding carboxylic acids is 1. The summed E-state index contributed by atoms with van der Waals surface area (Å²) in [4.78, 5) is 16.3. The maximum absolute atomic E-state index is 12.0. The van der Waals surface area contributed by atoms with Gasteiger partial charge in [-0.2, -0.15) is 0 Å². The molecule has 2 saturated heterocycles. The van der Waals surface area contributed by atoms with Crippen molar-refractivity contribution in [3.05, 3.63) is 0 Å². The summed E-state index contributed by atoms with van der Waals surface area (Å²) in [5, 5.41) is 0. The van der Waals surface area contributed by atoms with E-state index in [9.17, 15) is 4.79 Å². The summed E-state index contributed by atoms with van der Waals surface area (Å²) < 4.78 is 5.64. The van der Waals surface area contributed by atoms with E-state index in [2.05, 4.69) is 4.90 Å². The molecule has 2 aliphatic rings. The molecule has 1 amide bonds. The zero-order valence-electron chi connectivity index (χ0n) is 11.1. The van der Waals surface area contributed by atoms with Crippen molar-refractivity contribution < 1.29 is 9.53 Å². The number of carbonyl (C=O) groups is 1. The van der Waals surface area contributed by atoms with Gasteiger partial charge in [-0.15, -0.1) is 0 Å². The highest BCUT2D eigenvalue weighted by Gasteiger charge is 2.24. The largest absolute Gasteiger partial charge is 0.377 e. The van der Waals surface area contributed by atoms with Crippen LogP contribution in [0.25, 0.3) is 0 Å². The second-order valence-electron chi connectivity index (χ2n) is 5.22. The van der Waals surface area contributed by atoms with Gasteiger partial charge in [-0.25, -0.2) is 0 Å². The summed E-state index contributed by atoms with van der Waals surface area (Å²) in [6.45, 7) is 5.67. The van der Waals surface area contributed by atoms with Crippen molar-refractivity contribution in [3.63, 3.8) is 0 Å². The molecule has 0 unspecified atom stereocenters. The number of ether oxygens (including phenoxy) is 1. The molecule has 0 atom stereocenters. The maximum atomic E-state index is 12.0. The summed E-state index contributed by atoms with van der Waals surface area (Å²) in [6.07, 6.45) is 4.72. The normalized spacial score (nSPS) is 22.6.